The number of para-hydroxylation sites is 1. The smallest absolute Gasteiger partial charge is 0.387 e. The van der Waals surface area contributed by atoms with Gasteiger partial charge in [0.1, 0.15) is 5.75 Å². The van der Waals surface area contributed by atoms with Gasteiger partial charge in [-0.05, 0) is 17.7 Å². The van der Waals surface area contributed by atoms with Gasteiger partial charge in [0.25, 0.3) is 0 Å². The highest BCUT2D eigenvalue weighted by Gasteiger charge is 2.08. The molecule has 2 aromatic rings. The van der Waals surface area contributed by atoms with Crippen LogP contribution in [-0.4, -0.2) is 6.61 Å². The van der Waals surface area contributed by atoms with Crippen LogP contribution in [0.1, 0.15) is 11.1 Å². The largest absolute Gasteiger partial charge is 0.434 e. The molecule has 0 saturated heterocycles. The topological polar surface area (TPSA) is 21.3 Å². The first-order valence-corrected chi connectivity index (χ1v) is 6.51. The van der Waals surface area contributed by atoms with Crippen LogP contribution in [0.4, 0.5) is 8.78 Å². The second-order valence-corrected chi connectivity index (χ2v) is 4.59. The quantitative estimate of drug-likeness (QED) is 0.861. The van der Waals surface area contributed by atoms with E-state index in [2.05, 4.69) is 10.1 Å². The highest BCUT2D eigenvalue weighted by atomic mass is 35.5. The number of hydrogen-bond acceptors (Lipinski definition) is 2. The fourth-order valence-electron chi connectivity index (χ4n) is 1.83. The van der Waals surface area contributed by atoms with E-state index in [0.717, 1.165) is 5.56 Å². The van der Waals surface area contributed by atoms with Crippen LogP contribution in [0.25, 0.3) is 0 Å². The number of ether oxygens (including phenoxy) is 1. The Morgan fingerprint density at radius 2 is 1.55 bits per heavy atom. The minimum Gasteiger partial charge on any atom is -0.434 e. The molecule has 0 fully saturated rings. The van der Waals surface area contributed by atoms with Crippen molar-refractivity contribution >= 4 is 11.6 Å². The van der Waals surface area contributed by atoms with Crippen molar-refractivity contribution in [1.29, 1.82) is 0 Å². The Labute approximate surface area is 121 Å². The second kappa shape index (κ2) is 7.22. The molecule has 0 radical (unpaired) electrons. The van der Waals surface area contributed by atoms with Crippen molar-refractivity contribution in [3.05, 3.63) is 64.7 Å². The van der Waals surface area contributed by atoms with Crippen molar-refractivity contribution in [3.8, 4) is 5.75 Å². The molecule has 0 amide bonds. The number of hydrogen-bond donors (Lipinski definition) is 1. The van der Waals surface area contributed by atoms with Crippen molar-refractivity contribution in [2.45, 2.75) is 19.7 Å². The van der Waals surface area contributed by atoms with Crippen LogP contribution in [0.3, 0.4) is 0 Å². The molecule has 0 aliphatic heterocycles. The summed E-state index contributed by atoms with van der Waals surface area (Å²) < 4.78 is 29.0. The standard InChI is InChI=1S/C15H14ClF2NO/c16-13-7-3-1-5-11(13)9-19-10-12-6-2-4-8-14(12)20-15(17)18/h1-8,15,19H,9-10H2. The van der Waals surface area contributed by atoms with E-state index in [4.69, 9.17) is 11.6 Å². The van der Waals surface area contributed by atoms with Crippen LogP contribution in [0.15, 0.2) is 48.5 Å². The van der Waals surface area contributed by atoms with Gasteiger partial charge in [0, 0.05) is 23.7 Å². The molecule has 2 rings (SSSR count). The zero-order chi connectivity index (χ0) is 14.4. The summed E-state index contributed by atoms with van der Waals surface area (Å²) in [6, 6.07) is 14.2. The van der Waals surface area contributed by atoms with Gasteiger partial charge in [-0.15, -0.1) is 0 Å². The molecule has 0 unspecified atom stereocenters. The normalized spacial score (nSPS) is 10.8. The van der Waals surface area contributed by atoms with Crippen LogP contribution in [0.5, 0.6) is 5.75 Å². The Balaban J connectivity index is 1.96. The van der Waals surface area contributed by atoms with Crippen molar-refractivity contribution in [1.82, 2.24) is 5.32 Å². The van der Waals surface area contributed by atoms with Crippen LogP contribution < -0.4 is 10.1 Å². The zero-order valence-corrected chi connectivity index (χ0v) is 11.4. The molecular formula is C15H14ClF2NO. The first-order chi connectivity index (χ1) is 9.66. The number of benzene rings is 2. The van der Waals surface area contributed by atoms with Gasteiger partial charge in [-0.1, -0.05) is 48.0 Å². The summed E-state index contributed by atoms with van der Waals surface area (Å²) in [5.74, 6) is 0.189. The molecule has 1 N–H and O–H groups in total. The zero-order valence-electron chi connectivity index (χ0n) is 10.7. The van der Waals surface area contributed by atoms with E-state index in [1.165, 1.54) is 6.07 Å². The van der Waals surface area contributed by atoms with Crippen LogP contribution in [0.2, 0.25) is 5.02 Å². The average Bonchev–Trinajstić information content (AvgIpc) is 2.42. The SMILES string of the molecule is FC(F)Oc1ccccc1CNCc1ccccc1Cl. The molecule has 2 aromatic carbocycles. The predicted octanol–water partition coefficient (Wildman–Crippen LogP) is 4.23. The van der Waals surface area contributed by atoms with Crippen LogP contribution >= 0.6 is 11.6 Å². The lowest BCUT2D eigenvalue weighted by Crippen LogP contribution is -2.14. The molecule has 0 atom stereocenters. The Morgan fingerprint density at radius 1 is 0.950 bits per heavy atom. The Kier molecular flexibility index (Phi) is 5.32. The summed E-state index contributed by atoms with van der Waals surface area (Å²) in [5.41, 5.74) is 1.64. The van der Waals surface area contributed by atoms with Crippen LogP contribution in [0, 0.1) is 0 Å². The van der Waals surface area contributed by atoms with Crippen molar-refractivity contribution in [2.75, 3.05) is 0 Å². The maximum Gasteiger partial charge on any atom is 0.387 e. The number of nitrogens with one attached hydrogen (secondary N) is 1. The lowest BCUT2D eigenvalue weighted by molar-refractivity contribution is -0.0505. The minimum absolute atomic E-state index is 0.189. The van der Waals surface area contributed by atoms with Gasteiger partial charge in [-0.2, -0.15) is 8.78 Å². The molecule has 0 aliphatic rings. The van der Waals surface area contributed by atoms with E-state index in [1.807, 2.05) is 24.3 Å². The first-order valence-electron chi connectivity index (χ1n) is 6.13. The van der Waals surface area contributed by atoms with Crippen LogP contribution in [-0.2, 0) is 13.1 Å². The lowest BCUT2D eigenvalue weighted by atomic mass is 10.2. The molecular weight excluding hydrogens is 284 g/mol. The molecule has 0 saturated carbocycles. The molecule has 0 aromatic heterocycles. The monoisotopic (exact) mass is 297 g/mol. The first kappa shape index (κ1) is 14.8. The summed E-state index contributed by atoms with van der Waals surface area (Å²) in [7, 11) is 0. The van der Waals surface area contributed by atoms with E-state index in [0.29, 0.717) is 23.7 Å². The summed E-state index contributed by atoms with van der Waals surface area (Å²) in [4.78, 5) is 0. The minimum atomic E-state index is -2.82. The molecule has 20 heavy (non-hydrogen) atoms. The van der Waals surface area contributed by atoms with E-state index in [1.54, 1.807) is 18.2 Å². The summed E-state index contributed by atoms with van der Waals surface area (Å²) >= 11 is 6.04. The molecule has 0 aliphatic carbocycles. The van der Waals surface area contributed by atoms with Gasteiger partial charge >= 0.3 is 6.61 Å². The Hall–Kier alpha value is -1.65. The van der Waals surface area contributed by atoms with Crippen molar-refractivity contribution < 1.29 is 13.5 Å². The summed E-state index contributed by atoms with van der Waals surface area (Å²) in [5, 5.41) is 3.84. The maximum atomic E-state index is 12.3. The molecule has 106 valence electrons. The molecule has 5 heteroatoms. The van der Waals surface area contributed by atoms with Gasteiger partial charge in [0.15, 0.2) is 0 Å². The van der Waals surface area contributed by atoms with E-state index in [9.17, 15) is 8.78 Å². The highest BCUT2D eigenvalue weighted by molar-refractivity contribution is 6.31. The average molecular weight is 298 g/mol. The van der Waals surface area contributed by atoms with Gasteiger partial charge in [0.05, 0.1) is 0 Å². The maximum absolute atomic E-state index is 12.3. The molecule has 0 bridgehead atoms. The van der Waals surface area contributed by atoms with E-state index >= 15 is 0 Å². The predicted molar refractivity (Wildman–Crippen MR) is 75.1 cm³/mol. The van der Waals surface area contributed by atoms with Crippen molar-refractivity contribution in [2.24, 2.45) is 0 Å². The summed E-state index contributed by atoms with van der Waals surface area (Å²) in [6.45, 7) is -1.84. The van der Waals surface area contributed by atoms with E-state index < -0.39 is 6.61 Å². The molecule has 0 heterocycles. The third-order valence-corrected chi connectivity index (χ3v) is 3.15. The highest BCUT2D eigenvalue weighted by Crippen LogP contribution is 2.20. The Morgan fingerprint density at radius 3 is 2.25 bits per heavy atom. The van der Waals surface area contributed by atoms with Gasteiger partial charge in [0.2, 0.25) is 0 Å². The van der Waals surface area contributed by atoms with Gasteiger partial charge < -0.3 is 10.1 Å². The number of rotatable bonds is 6. The number of halogens is 3. The summed E-state index contributed by atoms with van der Waals surface area (Å²) in [6.07, 6.45) is 0. The second-order valence-electron chi connectivity index (χ2n) is 4.18. The Bertz CT molecular complexity index is 563. The molecule has 2 nitrogen and oxygen atoms in total. The molecule has 0 spiro atoms. The van der Waals surface area contributed by atoms with Crippen molar-refractivity contribution in [3.63, 3.8) is 0 Å². The third-order valence-electron chi connectivity index (χ3n) is 2.78. The fourth-order valence-corrected chi connectivity index (χ4v) is 2.04. The van der Waals surface area contributed by atoms with Gasteiger partial charge in [-0.25, -0.2) is 0 Å². The third kappa shape index (κ3) is 4.18. The lowest BCUT2D eigenvalue weighted by Gasteiger charge is -2.11. The fraction of sp³-hybridized carbons (Fsp3) is 0.200. The number of alkyl halides is 2. The van der Waals surface area contributed by atoms with Gasteiger partial charge in [-0.3, -0.25) is 0 Å². The van der Waals surface area contributed by atoms with E-state index in [-0.39, 0.29) is 5.75 Å².